The number of ether oxygens (including phenoxy) is 1. The lowest BCUT2D eigenvalue weighted by Crippen LogP contribution is -2.06. The highest BCUT2D eigenvalue weighted by Gasteiger charge is 2.07. The fraction of sp³-hybridized carbons (Fsp3) is 0.500. The third-order valence-corrected chi connectivity index (χ3v) is 1.07. The molecule has 0 amide bonds. The molecule has 0 saturated carbocycles. The van der Waals surface area contributed by atoms with Crippen molar-refractivity contribution in [2.75, 3.05) is 6.61 Å². The number of nitrogens with zero attached hydrogens (tertiary/aromatic N) is 1. The molecule has 0 heterocycles. The summed E-state index contributed by atoms with van der Waals surface area (Å²) in [5.41, 5.74) is 0.0680. The molecule has 0 aliphatic rings. The molecule has 0 spiro atoms. The summed E-state index contributed by atoms with van der Waals surface area (Å²) >= 11 is 0. The van der Waals surface area contributed by atoms with Crippen LogP contribution >= 0.6 is 0 Å². The van der Waals surface area contributed by atoms with Crippen molar-refractivity contribution < 1.29 is 9.53 Å². The summed E-state index contributed by atoms with van der Waals surface area (Å²) in [7, 11) is 0. The Morgan fingerprint density at radius 2 is 2.36 bits per heavy atom. The van der Waals surface area contributed by atoms with Gasteiger partial charge in [0.1, 0.15) is 11.6 Å². The zero-order chi connectivity index (χ0) is 8.69. The molecule has 0 N–H and O–H groups in total. The number of esters is 1. The van der Waals surface area contributed by atoms with Crippen LogP contribution in [0.1, 0.15) is 20.3 Å². The first kappa shape index (κ1) is 9.70. The van der Waals surface area contributed by atoms with Gasteiger partial charge in [-0.15, -0.1) is 0 Å². The highest BCUT2D eigenvalue weighted by atomic mass is 16.5. The van der Waals surface area contributed by atoms with Gasteiger partial charge in [0.2, 0.25) is 0 Å². The van der Waals surface area contributed by atoms with Crippen molar-refractivity contribution in [1.29, 1.82) is 5.26 Å². The number of nitriles is 1. The van der Waals surface area contributed by atoms with Crippen LogP contribution in [0.2, 0.25) is 0 Å². The van der Waals surface area contributed by atoms with Crippen molar-refractivity contribution in [2.45, 2.75) is 20.3 Å². The van der Waals surface area contributed by atoms with Gasteiger partial charge >= 0.3 is 5.97 Å². The van der Waals surface area contributed by atoms with E-state index in [-0.39, 0.29) is 5.57 Å². The Balaban J connectivity index is 3.94. The minimum absolute atomic E-state index is 0.0680. The molecule has 0 aromatic rings. The fourth-order valence-corrected chi connectivity index (χ4v) is 0.501. The van der Waals surface area contributed by atoms with E-state index in [0.29, 0.717) is 6.61 Å². The fourth-order valence-electron chi connectivity index (χ4n) is 0.501. The lowest BCUT2D eigenvalue weighted by molar-refractivity contribution is -0.138. The number of allylic oxidation sites excluding steroid dienone is 1. The zero-order valence-electron chi connectivity index (χ0n) is 6.76. The second-order valence-electron chi connectivity index (χ2n) is 1.95. The molecule has 11 heavy (non-hydrogen) atoms. The number of carbonyl (C=O) groups is 1. The SMILES string of the molecule is C/C=C(/C#N)C(=O)OCCC. The van der Waals surface area contributed by atoms with Gasteiger partial charge in [0.15, 0.2) is 0 Å². The van der Waals surface area contributed by atoms with Crippen molar-refractivity contribution in [2.24, 2.45) is 0 Å². The molecule has 0 bridgehead atoms. The van der Waals surface area contributed by atoms with Crippen LogP contribution in [-0.4, -0.2) is 12.6 Å². The number of carbonyl (C=O) groups excluding carboxylic acids is 1. The normalized spacial score (nSPS) is 10.5. The standard InChI is InChI=1S/C8H11NO2/c1-3-5-11-8(10)7(4-2)6-9/h4H,3,5H2,1-2H3/b7-4-. The lowest BCUT2D eigenvalue weighted by Gasteiger charge is -1.99. The molecule has 0 radical (unpaired) electrons. The summed E-state index contributed by atoms with van der Waals surface area (Å²) in [5, 5.41) is 8.38. The summed E-state index contributed by atoms with van der Waals surface area (Å²) in [5.74, 6) is -0.531. The van der Waals surface area contributed by atoms with Crippen molar-refractivity contribution in [3.8, 4) is 6.07 Å². The predicted molar refractivity (Wildman–Crippen MR) is 40.6 cm³/mol. The molecule has 3 nitrogen and oxygen atoms in total. The van der Waals surface area contributed by atoms with Crippen molar-refractivity contribution >= 4 is 5.97 Å². The molecule has 0 aliphatic carbocycles. The zero-order valence-corrected chi connectivity index (χ0v) is 6.76. The second-order valence-corrected chi connectivity index (χ2v) is 1.95. The average Bonchev–Trinajstić information content (AvgIpc) is 2.03. The maximum atomic E-state index is 10.9. The van der Waals surface area contributed by atoms with Gasteiger partial charge in [0.25, 0.3) is 0 Å². The molecule has 0 fully saturated rings. The van der Waals surface area contributed by atoms with Crippen molar-refractivity contribution in [1.82, 2.24) is 0 Å². The van der Waals surface area contributed by atoms with E-state index < -0.39 is 5.97 Å². The molecule has 3 heteroatoms. The molecule has 0 unspecified atom stereocenters. The van der Waals surface area contributed by atoms with Crippen LogP contribution in [0.15, 0.2) is 11.6 Å². The molecule has 0 aromatic carbocycles. The molecule has 0 aromatic heterocycles. The molecular formula is C8H11NO2. The Kier molecular flexibility index (Phi) is 4.83. The summed E-state index contributed by atoms with van der Waals surface area (Å²) in [6.45, 7) is 3.90. The third kappa shape index (κ3) is 3.41. The van der Waals surface area contributed by atoms with Crippen LogP contribution in [0, 0.1) is 11.3 Å². The van der Waals surface area contributed by atoms with E-state index in [2.05, 4.69) is 0 Å². The van der Waals surface area contributed by atoms with Gasteiger partial charge < -0.3 is 4.74 Å². The third-order valence-electron chi connectivity index (χ3n) is 1.07. The summed E-state index contributed by atoms with van der Waals surface area (Å²) in [6.07, 6.45) is 2.21. The quantitative estimate of drug-likeness (QED) is 0.350. The maximum Gasteiger partial charge on any atom is 0.348 e. The molecule has 0 rings (SSSR count). The van der Waals surface area contributed by atoms with Crippen LogP contribution in [0.4, 0.5) is 0 Å². The molecule has 0 aliphatic heterocycles. The van der Waals surface area contributed by atoms with Crippen LogP contribution < -0.4 is 0 Å². The first-order valence-electron chi connectivity index (χ1n) is 3.49. The summed E-state index contributed by atoms with van der Waals surface area (Å²) in [6, 6.07) is 1.75. The van der Waals surface area contributed by atoms with E-state index in [0.717, 1.165) is 6.42 Å². The van der Waals surface area contributed by atoms with E-state index in [9.17, 15) is 4.79 Å². The van der Waals surface area contributed by atoms with Crippen LogP contribution in [-0.2, 0) is 9.53 Å². The highest BCUT2D eigenvalue weighted by molar-refractivity contribution is 5.92. The van der Waals surface area contributed by atoms with Crippen molar-refractivity contribution in [3.63, 3.8) is 0 Å². The summed E-state index contributed by atoms with van der Waals surface area (Å²) in [4.78, 5) is 10.9. The van der Waals surface area contributed by atoms with Gasteiger partial charge in [-0.3, -0.25) is 0 Å². The van der Waals surface area contributed by atoms with Crippen LogP contribution in [0.5, 0.6) is 0 Å². The minimum atomic E-state index is -0.531. The first-order valence-corrected chi connectivity index (χ1v) is 3.49. The molecule has 60 valence electrons. The second kappa shape index (κ2) is 5.48. The molecular weight excluding hydrogens is 142 g/mol. The average molecular weight is 153 g/mol. The summed E-state index contributed by atoms with van der Waals surface area (Å²) < 4.78 is 4.71. The highest BCUT2D eigenvalue weighted by Crippen LogP contribution is 1.96. The minimum Gasteiger partial charge on any atom is -0.462 e. The lowest BCUT2D eigenvalue weighted by atomic mass is 10.3. The predicted octanol–water partition coefficient (Wildman–Crippen LogP) is 1.41. The van der Waals surface area contributed by atoms with Gasteiger partial charge in [-0.2, -0.15) is 5.26 Å². The van der Waals surface area contributed by atoms with Crippen LogP contribution in [0.3, 0.4) is 0 Å². The Bertz CT molecular complexity index is 201. The Morgan fingerprint density at radius 1 is 1.73 bits per heavy atom. The molecule has 0 saturated heterocycles. The van der Waals surface area contributed by atoms with Gasteiger partial charge in [0, 0.05) is 0 Å². The monoisotopic (exact) mass is 153 g/mol. The maximum absolute atomic E-state index is 10.9. The Morgan fingerprint density at radius 3 is 2.73 bits per heavy atom. The number of hydrogen-bond acceptors (Lipinski definition) is 3. The topological polar surface area (TPSA) is 50.1 Å². The van der Waals surface area contributed by atoms with Gasteiger partial charge in [-0.05, 0) is 13.3 Å². The first-order chi connectivity index (χ1) is 5.26. The van der Waals surface area contributed by atoms with E-state index in [1.807, 2.05) is 6.92 Å². The Hall–Kier alpha value is -1.30. The van der Waals surface area contributed by atoms with Crippen LogP contribution in [0.25, 0.3) is 0 Å². The van der Waals surface area contributed by atoms with Gasteiger partial charge in [-0.25, -0.2) is 4.79 Å². The largest absolute Gasteiger partial charge is 0.462 e. The van der Waals surface area contributed by atoms with Gasteiger partial charge in [-0.1, -0.05) is 13.0 Å². The number of hydrogen-bond donors (Lipinski definition) is 0. The number of rotatable bonds is 3. The Labute approximate surface area is 66.3 Å². The van der Waals surface area contributed by atoms with Gasteiger partial charge in [0.05, 0.1) is 6.61 Å². The smallest absolute Gasteiger partial charge is 0.348 e. The van der Waals surface area contributed by atoms with E-state index in [1.165, 1.54) is 6.08 Å². The molecule has 0 atom stereocenters. The van der Waals surface area contributed by atoms with E-state index >= 15 is 0 Å². The van der Waals surface area contributed by atoms with Crippen molar-refractivity contribution in [3.05, 3.63) is 11.6 Å². The van der Waals surface area contributed by atoms with E-state index in [1.54, 1.807) is 13.0 Å². The van der Waals surface area contributed by atoms with E-state index in [4.69, 9.17) is 10.00 Å².